The van der Waals surface area contributed by atoms with E-state index < -0.39 is 29.4 Å². The van der Waals surface area contributed by atoms with Crippen LogP contribution in [0.4, 0.5) is 4.39 Å². The number of hydrogen-bond acceptors (Lipinski definition) is 3. The molecule has 0 aliphatic heterocycles. The van der Waals surface area contributed by atoms with Crippen LogP contribution in [0.5, 0.6) is 5.75 Å². The number of aliphatic carboxylic acids is 1. The summed E-state index contributed by atoms with van der Waals surface area (Å²) in [5.41, 5.74) is 1.46. The monoisotopic (exact) mass is 415 g/mol. The van der Waals surface area contributed by atoms with Crippen LogP contribution in [0.1, 0.15) is 46.8 Å². The SMILES string of the molecule is Cc1c(C(C(=O)O)C2CCC2)c2cc(O)c(F)cc2n1C(=O)c1ccc(Cl)cc1. The Morgan fingerprint density at radius 1 is 1.21 bits per heavy atom. The van der Waals surface area contributed by atoms with Gasteiger partial charge in [-0.15, -0.1) is 0 Å². The maximum absolute atomic E-state index is 14.2. The predicted molar refractivity (Wildman–Crippen MR) is 107 cm³/mol. The van der Waals surface area contributed by atoms with Crippen molar-refractivity contribution in [2.75, 3.05) is 0 Å². The molecule has 1 unspecified atom stereocenters. The summed E-state index contributed by atoms with van der Waals surface area (Å²) < 4.78 is 15.5. The number of halogens is 2. The van der Waals surface area contributed by atoms with Gasteiger partial charge in [-0.3, -0.25) is 14.2 Å². The molecule has 1 heterocycles. The zero-order chi connectivity index (χ0) is 20.9. The zero-order valence-corrected chi connectivity index (χ0v) is 16.4. The number of nitrogens with zero attached hydrogens (tertiary/aromatic N) is 1. The molecule has 1 atom stereocenters. The fourth-order valence-electron chi connectivity index (χ4n) is 4.16. The summed E-state index contributed by atoms with van der Waals surface area (Å²) in [6, 6.07) is 8.58. The van der Waals surface area contributed by atoms with Crippen molar-refractivity contribution in [3.63, 3.8) is 0 Å². The van der Waals surface area contributed by atoms with E-state index in [1.165, 1.54) is 10.6 Å². The second-order valence-corrected chi connectivity index (χ2v) is 7.91. The van der Waals surface area contributed by atoms with Gasteiger partial charge in [0.15, 0.2) is 11.6 Å². The standard InChI is InChI=1S/C22H19ClFNO4/c1-11-19(20(22(28)29)12-3-2-4-12)15-9-18(26)16(24)10-17(15)25(11)21(27)13-5-7-14(23)8-6-13/h5-10,12,20,26H,2-4H2,1H3,(H,28,29). The molecule has 1 aromatic heterocycles. The third-order valence-corrected chi connectivity index (χ3v) is 6.07. The van der Waals surface area contributed by atoms with E-state index in [0.717, 1.165) is 25.3 Å². The van der Waals surface area contributed by atoms with E-state index in [4.69, 9.17) is 11.6 Å². The molecular formula is C22H19ClFNO4. The molecule has 2 N–H and O–H groups in total. The number of rotatable bonds is 4. The molecule has 0 amide bonds. The Bertz CT molecular complexity index is 1130. The Labute approximate surface area is 171 Å². The molecule has 0 spiro atoms. The van der Waals surface area contributed by atoms with Crippen molar-refractivity contribution in [1.82, 2.24) is 4.57 Å². The van der Waals surface area contributed by atoms with Crippen LogP contribution in [-0.4, -0.2) is 26.7 Å². The Morgan fingerprint density at radius 2 is 1.86 bits per heavy atom. The highest BCUT2D eigenvalue weighted by Gasteiger charge is 2.38. The highest BCUT2D eigenvalue weighted by atomic mass is 35.5. The molecule has 0 saturated heterocycles. The molecule has 1 aliphatic rings. The lowest BCUT2D eigenvalue weighted by atomic mass is 9.72. The van der Waals surface area contributed by atoms with E-state index in [9.17, 15) is 24.2 Å². The highest BCUT2D eigenvalue weighted by Crippen LogP contribution is 2.45. The molecule has 0 radical (unpaired) electrons. The third-order valence-electron chi connectivity index (χ3n) is 5.81. The van der Waals surface area contributed by atoms with Crippen LogP contribution in [0.2, 0.25) is 5.02 Å². The number of carbonyl (C=O) groups excluding carboxylic acids is 1. The number of phenols is 1. The van der Waals surface area contributed by atoms with E-state index in [0.29, 0.717) is 27.2 Å². The molecule has 4 rings (SSSR count). The Morgan fingerprint density at radius 3 is 2.41 bits per heavy atom. The van der Waals surface area contributed by atoms with Crippen LogP contribution in [-0.2, 0) is 4.79 Å². The minimum atomic E-state index is -0.986. The smallest absolute Gasteiger partial charge is 0.311 e. The number of aromatic hydroxyl groups is 1. The lowest BCUT2D eigenvalue weighted by molar-refractivity contribution is -0.141. The first-order valence-electron chi connectivity index (χ1n) is 9.36. The van der Waals surface area contributed by atoms with Crippen molar-refractivity contribution >= 4 is 34.4 Å². The van der Waals surface area contributed by atoms with Crippen molar-refractivity contribution in [1.29, 1.82) is 0 Å². The zero-order valence-electron chi connectivity index (χ0n) is 15.7. The van der Waals surface area contributed by atoms with Gasteiger partial charge in [0.25, 0.3) is 5.91 Å². The Kier molecular flexibility index (Phi) is 4.82. The third kappa shape index (κ3) is 3.17. The van der Waals surface area contributed by atoms with Crippen LogP contribution in [0.15, 0.2) is 36.4 Å². The van der Waals surface area contributed by atoms with Crippen molar-refractivity contribution in [3.05, 3.63) is 64.1 Å². The van der Waals surface area contributed by atoms with Gasteiger partial charge in [-0.25, -0.2) is 4.39 Å². The lowest BCUT2D eigenvalue weighted by Gasteiger charge is -2.31. The van der Waals surface area contributed by atoms with E-state index in [1.54, 1.807) is 31.2 Å². The molecule has 1 saturated carbocycles. The first kappa shape index (κ1) is 19.5. The molecule has 0 bridgehead atoms. The molecule has 5 nitrogen and oxygen atoms in total. The molecule has 150 valence electrons. The molecule has 2 aromatic carbocycles. The van der Waals surface area contributed by atoms with E-state index in [1.807, 2.05) is 0 Å². The fourth-order valence-corrected chi connectivity index (χ4v) is 4.28. The van der Waals surface area contributed by atoms with Crippen molar-refractivity contribution in [2.24, 2.45) is 5.92 Å². The normalized spacial score (nSPS) is 15.3. The summed E-state index contributed by atoms with van der Waals surface area (Å²) in [7, 11) is 0. The van der Waals surface area contributed by atoms with Crippen LogP contribution in [0, 0.1) is 18.7 Å². The Hall–Kier alpha value is -2.86. The molecule has 1 aliphatic carbocycles. The minimum absolute atomic E-state index is 0.0527. The van der Waals surface area contributed by atoms with Gasteiger partial charge >= 0.3 is 5.97 Å². The van der Waals surface area contributed by atoms with Crippen molar-refractivity contribution in [3.8, 4) is 5.75 Å². The maximum Gasteiger partial charge on any atom is 0.311 e. The number of phenolic OH excluding ortho intramolecular Hbond substituents is 1. The summed E-state index contributed by atoms with van der Waals surface area (Å²) >= 11 is 5.90. The van der Waals surface area contributed by atoms with Crippen molar-refractivity contribution in [2.45, 2.75) is 32.1 Å². The summed E-state index contributed by atoms with van der Waals surface area (Å²) in [5, 5.41) is 20.7. The van der Waals surface area contributed by atoms with Gasteiger partial charge in [-0.1, -0.05) is 18.0 Å². The topological polar surface area (TPSA) is 79.5 Å². The number of hydrogen-bond donors (Lipinski definition) is 2. The number of carboxylic acid groups (broad SMARTS) is 1. The molecular weight excluding hydrogens is 397 g/mol. The van der Waals surface area contributed by atoms with Crippen LogP contribution < -0.4 is 0 Å². The maximum atomic E-state index is 14.2. The second kappa shape index (κ2) is 7.19. The molecule has 1 fully saturated rings. The number of carboxylic acids is 1. The quantitative estimate of drug-likeness (QED) is 0.621. The van der Waals surface area contributed by atoms with Gasteiger partial charge < -0.3 is 10.2 Å². The summed E-state index contributed by atoms with van der Waals surface area (Å²) in [5.74, 6) is -3.73. The van der Waals surface area contributed by atoms with Gasteiger partial charge in [0.05, 0.1) is 11.4 Å². The van der Waals surface area contributed by atoms with Gasteiger partial charge in [0, 0.05) is 27.7 Å². The molecule has 29 heavy (non-hydrogen) atoms. The van der Waals surface area contributed by atoms with E-state index in [2.05, 4.69) is 0 Å². The Balaban J connectivity index is 1.98. The van der Waals surface area contributed by atoms with Crippen LogP contribution in [0.25, 0.3) is 10.9 Å². The first-order valence-corrected chi connectivity index (χ1v) is 9.74. The van der Waals surface area contributed by atoms with Gasteiger partial charge in [0.1, 0.15) is 0 Å². The first-order chi connectivity index (χ1) is 13.8. The predicted octanol–water partition coefficient (Wildman–Crippen LogP) is 5.10. The van der Waals surface area contributed by atoms with Crippen molar-refractivity contribution < 1.29 is 24.2 Å². The number of benzene rings is 2. The molecule has 7 heteroatoms. The summed E-state index contributed by atoms with van der Waals surface area (Å²) in [6.45, 7) is 1.66. The second-order valence-electron chi connectivity index (χ2n) is 7.47. The summed E-state index contributed by atoms with van der Waals surface area (Å²) in [6.07, 6.45) is 2.51. The molecule has 3 aromatic rings. The average molecular weight is 416 g/mol. The lowest BCUT2D eigenvalue weighted by Crippen LogP contribution is -2.27. The number of aromatic nitrogens is 1. The van der Waals surface area contributed by atoms with Gasteiger partial charge in [0.2, 0.25) is 0 Å². The summed E-state index contributed by atoms with van der Waals surface area (Å²) in [4.78, 5) is 25.4. The van der Waals surface area contributed by atoms with E-state index >= 15 is 0 Å². The largest absolute Gasteiger partial charge is 0.505 e. The van der Waals surface area contributed by atoms with Crippen LogP contribution in [0.3, 0.4) is 0 Å². The van der Waals surface area contributed by atoms with Gasteiger partial charge in [-0.2, -0.15) is 0 Å². The fraction of sp³-hybridized carbons (Fsp3) is 0.273. The van der Waals surface area contributed by atoms with Gasteiger partial charge in [-0.05, 0) is 61.6 Å². The minimum Gasteiger partial charge on any atom is -0.505 e. The number of fused-ring (bicyclic) bond motifs is 1. The highest BCUT2D eigenvalue weighted by molar-refractivity contribution is 6.30. The average Bonchev–Trinajstić information content (AvgIpc) is 2.89. The van der Waals surface area contributed by atoms with E-state index in [-0.39, 0.29) is 11.4 Å². The number of carbonyl (C=O) groups is 2. The van der Waals surface area contributed by atoms with Crippen LogP contribution >= 0.6 is 11.6 Å².